The van der Waals surface area contributed by atoms with Crippen LogP contribution in [0.1, 0.15) is 50.7 Å². The largest absolute Gasteiger partial charge is 0.444 e. The van der Waals surface area contributed by atoms with E-state index in [4.69, 9.17) is 4.74 Å². The maximum Gasteiger partial charge on any atom is 0.410 e. The number of carbonyl (C=O) groups is 1. The minimum atomic E-state index is -0.462. The van der Waals surface area contributed by atoms with Crippen LogP contribution in [0, 0.1) is 13.8 Å². The molecule has 6 nitrogen and oxygen atoms in total. The van der Waals surface area contributed by atoms with E-state index in [0.717, 1.165) is 11.4 Å². The van der Waals surface area contributed by atoms with E-state index in [1.807, 2.05) is 39.4 Å². The lowest BCUT2D eigenvalue weighted by atomic mass is 10.1. The zero-order chi connectivity index (χ0) is 17.1. The maximum absolute atomic E-state index is 11.9. The number of amides is 1. The molecule has 1 N–H and O–H groups in total. The molecule has 1 atom stereocenters. The van der Waals surface area contributed by atoms with Crippen LogP contribution in [0.25, 0.3) is 0 Å². The van der Waals surface area contributed by atoms with Gasteiger partial charge in [-0.15, -0.1) is 0 Å². The molecule has 0 saturated heterocycles. The molecule has 0 bridgehead atoms. The molecule has 1 amide bonds. The first-order valence-corrected chi connectivity index (χ1v) is 7.70. The Kier molecular flexibility index (Phi) is 6.00. The molecule has 0 aliphatic carbocycles. The predicted molar refractivity (Wildman–Crippen MR) is 88.0 cm³/mol. The van der Waals surface area contributed by atoms with Crippen molar-refractivity contribution >= 4 is 6.09 Å². The van der Waals surface area contributed by atoms with Gasteiger partial charge in [0, 0.05) is 44.5 Å². The summed E-state index contributed by atoms with van der Waals surface area (Å²) in [4.78, 5) is 13.5. The first kappa shape index (κ1) is 18.5. The van der Waals surface area contributed by atoms with Crippen molar-refractivity contribution in [3.8, 4) is 0 Å². The highest BCUT2D eigenvalue weighted by molar-refractivity contribution is 5.67. The summed E-state index contributed by atoms with van der Waals surface area (Å²) in [5.41, 5.74) is 2.97. The Bertz CT molecular complexity index is 517. The lowest BCUT2D eigenvalue weighted by Crippen LogP contribution is -2.38. The van der Waals surface area contributed by atoms with Crippen molar-refractivity contribution < 1.29 is 9.53 Å². The molecule has 1 aromatic rings. The molecule has 0 radical (unpaired) electrons. The first-order chi connectivity index (χ1) is 10.0. The van der Waals surface area contributed by atoms with Crippen LogP contribution in [0.5, 0.6) is 0 Å². The fourth-order valence-corrected chi connectivity index (χ4v) is 2.40. The monoisotopic (exact) mass is 310 g/mol. The van der Waals surface area contributed by atoms with Crippen LogP contribution < -0.4 is 5.32 Å². The number of rotatable bonds is 5. The molecule has 1 aromatic heterocycles. The van der Waals surface area contributed by atoms with Gasteiger partial charge in [-0.3, -0.25) is 4.68 Å². The summed E-state index contributed by atoms with van der Waals surface area (Å²) in [7, 11) is 3.70. The molecule has 0 aromatic carbocycles. The standard InChI is InChI=1S/C16H30N4O2/c1-11(14-12(2)18-20(8)13(14)3)17-9-10-19(7)15(21)22-16(4,5)6/h11,17H,9-10H2,1-8H3. The normalized spacial score (nSPS) is 13.1. The molecule has 6 heteroatoms. The van der Waals surface area contributed by atoms with E-state index in [-0.39, 0.29) is 12.1 Å². The summed E-state index contributed by atoms with van der Waals surface area (Å²) < 4.78 is 7.23. The summed E-state index contributed by atoms with van der Waals surface area (Å²) in [6, 6.07) is 0.195. The summed E-state index contributed by atoms with van der Waals surface area (Å²) >= 11 is 0. The van der Waals surface area contributed by atoms with E-state index >= 15 is 0 Å². The number of nitrogens with zero attached hydrogens (tertiary/aromatic N) is 3. The van der Waals surface area contributed by atoms with Gasteiger partial charge < -0.3 is 15.0 Å². The summed E-state index contributed by atoms with van der Waals surface area (Å²) in [6.45, 7) is 13.1. The smallest absolute Gasteiger partial charge is 0.410 e. The maximum atomic E-state index is 11.9. The van der Waals surface area contributed by atoms with Crippen molar-refractivity contribution in [2.45, 2.75) is 53.2 Å². The van der Waals surface area contributed by atoms with Gasteiger partial charge in [0.15, 0.2) is 0 Å². The second-order valence-electron chi connectivity index (χ2n) is 6.79. The summed E-state index contributed by atoms with van der Waals surface area (Å²) in [5.74, 6) is 0. The lowest BCUT2D eigenvalue weighted by Gasteiger charge is -2.25. The third-order valence-electron chi connectivity index (χ3n) is 3.60. The van der Waals surface area contributed by atoms with E-state index < -0.39 is 5.60 Å². The van der Waals surface area contributed by atoms with Crippen LogP contribution >= 0.6 is 0 Å². The van der Waals surface area contributed by atoms with Gasteiger partial charge in [-0.05, 0) is 41.5 Å². The SMILES string of the molecule is Cc1nn(C)c(C)c1C(C)NCCN(C)C(=O)OC(C)(C)C. The van der Waals surface area contributed by atoms with Crippen LogP contribution in [-0.4, -0.2) is 46.5 Å². The Morgan fingerprint density at radius 3 is 2.45 bits per heavy atom. The van der Waals surface area contributed by atoms with E-state index in [2.05, 4.69) is 24.3 Å². The summed E-state index contributed by atoms with van der Waals surface area (Å²) in [5, 5.41) is 7.88. The minimum absolute atomic E-state index is 0.195. The lowest BCUT2D eigenvalue weighted by molar-refractivity contribution is 0.0299. The van der Waals surface area contributed by atoms with Gasteiger partial charge in [-0.2, -0.15) is 5.10 Å². The van der Waals surface area contributed by atoms with Gasteiger partial charge in [0.05, 0.1) is 5.69 Å². The number of hydrogen-bond acceptors (Lipinski definition) is 4. The van der Waals surface area contributed by atoms with E-state index in [1.165, 1.54) is 5.56 Å². The number of likely N-dealkylation sites (N-methyl/N-ethyl adjacent to an activating group) is 1. The van der Waals surface area contributed by atoms with Gasteiger partial charge in [-0.25, -0.2) is 4.79 Å². The number of carbonyl (C=O) groups excluding carboxylic acids is 1. The topological polar surface area (TPSA) is 59.4 Å². The Morgan fingerprint density at radius 2 is 2.00 bits per heavy atom. The van der Waals surface area contributed by atoms with Gasteiger partial charge in [0.1, 0.15) is 5.60 Å². The number of ether oxygens (including phenoxy) is 1. The highest BCUT2D eigenvalue weighted by Gasteiger charge is 2.20. The molecule has 0 spiro atoms. The molecule has 1 unspecified atom stereocenters. The average Bonchev–Trinajstić information content (AvgIpc) is 2.60. The fourth-order valence-electron chi connectivity index (χ4n) is 2.40. The highest BCUT2D eigenvalue weighted by atomic mass is 16.6. The van der Waals surface area contributed by atoms with Gasteiger partial charge in [-0.1, -0.05) is 0 Å². The van der Waals surface area contributed by atoms with Crippen LogP contribution in [0.2, 0.25) is 0 Å². The van der Waals surface area contributed by atoms with Crippen LogP contribution in [0.4, 0.5) is 4.79 Å². The fraction of sp³-hybridized carbons (Fsp3) is 0.750. The molecule has 1 heterocycles. The van der Waals surface area contributed by atoms with Crippen molar-refractivity contribution in [2.24, 2.45) is 7.05 Å². The Morgan fingerprint density at radius 1 is 1.41 bits per heavy atom. The van der Waals surface area contributed by atoms with E-state index in [0.29, 0.717) is 13.1 Å². The molecule has 0 aliphatic heterocycles. The van der Waals surface area contributed by atoms with Crippen LogP contribution in [-0.2, 0) is 11.8 Å². The van der Waals surface area contributed by atoms with E-state index in [1.54, 1.807) is 11.9 Å². The molecule has 1 rings (SSSR count). The molecule has 22 heavy (non-hydrogen) atoms. The summed E-state index contributed by atoms with van der Waals surface area (Å²) in [6.07, 6.45) is -0.296. The molecule has 0 fully saturated rings. The van der Waals surface area contributed by atoms with Crippen LogP contribution in [0.3, 0.4) is 0 Å². The zero-order valence-corrected chi connectivity index (χ0v) is 15.1. The van der Waals surface area contributed by atoms with Crippen molar-refractivity contribution in [1.82, 2.24) is 20.0 Å². The minimum Gasteiger partial charge on any atom is -0.444 e. The van der Waals surface area contributed by atoms with Gasteiger partial charge >= 0.3 is 6.09 Å². The molecular weight excluding hydrogens is 280 g/mol. The number of hydrogen-bond donors (Lipinski definition) is 1. The van der Waals surface area contributed by atoms with Crippen molar-refractivity contribution in [3.05, 3.63) is 17.0 Å². The number of nitrogens with one attached hydrogen (secondary N) is 1. The third kappa shape index (κ3) is 5.02. The molecular formula is C16H30N4O2. The second kappa shape index (κ2) is 7.13. The van der Waals surface area contributed by atoms with Crippen molar-refractivity contribution in [3.63, 3.8) is 0 Å². The first-order valence-electron chi connectivity index (χ1n) is 7.70. The molecule has 126 valence electrons. The van der Waals surface area contributed by atoms with Gasteiger partial charge in [0.2, 0.25) is 0 Å². The molecule has 0 saturated carbocycles. The number of aryl methyl sites for hydroxylation is 2. The Labute approximate surface area is 133 Å². The third-order valence-corrected chi connectivity index (χ3v) is 3.60. The van der Waals surface area contributed by atoms with E-state index in [9.17, 15) is 4.79 Å². The van der Waals surface area contributed by atoms with Gasteiger partial charge in [0.25, 0.3) is 0 Å². The second-order valence-corrected chi connectivity index (χ2v) is 6.79. The average molecular weight is 310 g/mol. The zero-order valence-electron chi connectivity index (χ0n) is 15.1. The van der Waals surface area contributed by atoms with Crippen molar-refractivity contribution in [2.75, 3.05) is 20.1 Å². The quantitative estimate of drug-likeness (QED) is 0.908. The van der Waals surface area contributed by atoms with Crippen LogP contribution in [0.15, 0.2) is 0 Å². The highest BCUT2D eigenvalue weighted by Crippen LogP contribution is 2.20. The van der Waals surface area contributed by atoms with Crippen molar-refractivity contribution in [1.29, 1.82) is 0 Å². The number of aromatic nitrogens is 2. The Hall–Kier alpha value is -1.56. The molecule has 0 aliphatic rings. The Balaban J connectivity index is 2.48. The predicted octanol–water partition coefficient (Wildman–Crippen LogP) is 2.55.